The number of rotatable bonds is 3. The summed E-state index contributed by atoms with van der Waals surface area (Å²) in [7, 11) is 9.78. The van der Waals surface area contributed by atoms with Crippen LogP contribution in [0.1, 0.15) is 77.7 Å². The molecule has 0 aromatic heterocycles. The summed E-state index contributed by atoms with van der Waals surface area (Å²) >= 11 is -0.556. The van der Waals surface area contributed by atoms with Crippen molar-refractivity contribution in [3.63, 3.8) is 0 Å². The van der Waals surface area contributed by atoms with Gasteiger partial charge in [0, 0.05) is 0 Å². The second-order valence-electron chi connectivity index (χ2n) is 9.38. The van der Waals surface area contributed by atoms with Crippen LogP contribution >= 0.6 is 18.6 Å². The molecule has 32 heavy (non-hydrogen) atoms. The van der Waals surface area contributed by atoms with Gasteiger partial charge in [-0.2, -0.15) is 17.2 Å². The van der Waals surface area contributed by atoms with E-state index in [1.54, 1.807) is 0 Å². The minimum absolute atomic E-state index is 0.189. The molecule has 0 atom stereocenters. The molecule has 0 bridgehead atoms. The van der Waals surface area contributed by atoms with Gasteiger partial charge in [-0.15, -0.1) is 13.3 Å². The first-order valence-corrected chi connectivity index (χ1v) is 14.9. The Morgan fingerprint density at radius 1 is 1.12 bits per heavy atom. The second kappa shape index (κ2) is 13.0. The van der Waals surface area contributed by atoms with Crippen molar-refractivity contribution < 1.29 is 26.6 Å². The van der Waals surface area contributed by atoms with E-state index in [4.69, 9.17) is 23.3 Å². The van der Waals surface area contributed by atoms with Crippen LogP contribution in [-0.2, 0) is 28.2 Å². The maximum atomic E-state index is 11.9. The number of carbonyl (C=O) groups is 1. The Hall–Kier alpha value is -1.06. The van der Waals surface area contributed by atoms with E-state index in [1.165, 1.54) is 27.9 Å². The van der Waals surface area contributed by atoms with Crippen molar-refractivity contribution in [3.8, 4) is 0 Å². The number of esters is 1. The third-order valence-electron chi connectivity index (χ3n) is 5.31. The average molecular weight is 509 g/mol. The summed E-state index contributed by atoms with van der Waals surface area (Å²) in [4.78, 5) is 11.9. The molecule has 174 valence electrons. The van der Waals surface area contributed by atoms with E-state index in [0.717, 1.165) is 12.8 Å². The van der Waals surface area contributed by atoms with E-state index in [2.05, 4.69) is 58.9 Å². The molecule has 0 saturated carbocycles. The molecular weight excluding hydrogens is 475 g/mol. The van der Waals surface area contributed by atoms with Gasteiger partial charge in [0.2, 0.25) is 0 Å². The van der Waals surface area contributed by atoms with E-state index in [0.29, 0.717) is 5.56 Å². The van der Waals surface area contributed by atoms with Crippen LogP contribution in [0.15, 0.2) is 58.7 Å². The average Bonchev–Trinajstić information content (AvgIpc) is 3.25. The van der Waals surface area contributed by atoms with E-state index in [9.17, 15) is 4.79 Å². The van der Waals surface area contributed by atoms with E-state index < -0.39 is 22.6 Å². The molecule has 0 fully saturated rings. The van der Waals surface area contributed by atoms with Crippen LogP contribution in [0.25, 0.3) is 0 Å². The van der Waals surface area contributed by atoms with Crippen molar-refractivity contribution in [1.29, 1.82) is 0 Å². The number of ether oxygens (including phenoxy) is 1. The van der Waals surface area contributed by atoms with Gasteiger partial charge in [-0.3, -0.25) is 12.2 Å². The summed E-state index contributed by atoms with van der Waals surface area (Å²) in [6, 6.07) is 7.59. The van der Waals surface area contributed by atoms with E-state index >= 15 is 0 Å². The molecular formula is C27H34Cl2O2Ti-2. The van der Waals surface area contributed by atoms with Crippen molar-refractivity contribution >= 4 is 24.6 Å². The zero-order valence-corrected chi connectivity index (χ0v) is 23.5. The minimum atomic E-state index is -0.556. The SMILES string of the molecule is CC(C)(C)OC(=O)c1ccc(CC2=[C-]CC=C2)cc1.CC1=[C-]C(C)(C)C(C)=C1C.[Cl][Ti][Cl]. The molecule has 0 amide bonds. The molecule has 0 radical (unpaired) electrons. The van der Waals surface area contributed by atoms with E-state index in [-0.39, 0.29) is 11.4 Å². The second-order valence-corrected chi connectivity index (χ2v) is 12.0. The molecule has 3 rings (SSSR count). The number of benzene rings is 1. The summed E-state index contributed by atoms with van der Waals surface area (Å²) in [5.74, 6) is -0.273. The number of hydrogen-bond acceptors (Lipinski definition) is 2. The zero-order valence-electron chi connectivity index (χ0n) is 20.5. The van der Waals surface area contributed by atoms with Crippen LogP contribution in [0, 0.1) is 17.6 Å². The summed E-state index contributed by atoms with van der Waals surface area (Å²) in [5, 5.41) is 0. The van der Waals surface area contributed by atoms with Crippen molar-refractivity contribution in [3.05, 3.63) is 82.0 Å². The van der Waals surface area contributed by atoms with Crippen LogP contribution in [0.3, 0.4) is 0 Å². The molecule has 0 unspecified atom stereocenters. The van der Waals surface area contributed by atoms with Crippen molar-refractivity contribution in [1.82, 2.24) is 0 Å². The standard InChI is InChI=1S/C17H19O2.C10H15.2ClH.Ti/c1-17(2,3)19-16(18)15-10-8-14(9-11-15)12-13-6-4-5-7-13;1-7-6-10(4,5)9(3)8(7)2;;;/h4,6,8-11H,5,12H2,1-3H3;1-5H3;2*1H;/q2*-1;;;+2/p-2. The van der Waals surface area contributed by atoms with Gasteiger partial charge in [-0.1, -0.05) is 45.2 Å². The molecule has 0 saturated heterocycles. The normalized spacial score (nSPS) is 16.3. The summed E-state index contributed by atoms with van der Waals surface area (Å²) < 4.78 is 5.33. The van der Waals surface area contributed by atoms with Gasteiger partial charge < -0.3 is 4.74 Å². The molecule has 1 aromatic rings. The Labute approximate surface area is 211 Å². The molecule has 5 heteroatoms. The molecule has 0 aliphatic heterocycles. The predicted molar refractivity (Wildman–Crippen MR) is 132 cm³/mol. The molecule has 0 spiro atoms. The maximum absolute atomic E-state index is 11.9. The Kier molecular flexibility index (Phi) is 11.8. The van der Waals surface area contributed by atoms with Crippen LogP contribution in [0.2, 0.25) is 0 Å². The third kappa shape index (κ3) is 9.83. The third-order valence-corrected chi connectivity index (χ3v) is 5.31. The first-order valence-electron chi connectivity index (χ1n) is 10.7. The summed E-state index contributed by atoms with van der Waals surface area (Å²) in [6.45, 7) is 16.5. The van der Waals surface area contributed by atoms with Crippen LogP contribution in [-0.4, -0.2) is 11.6 Å². The van der Waals surface area contributed by atoms with Gasteiger partial charge in [0.1, 0.15) is 5.60 Å². The van der Waals surface area contributed by atoms with E-state index in [1.807, 2.05) is 45.0 Å². The Morgan fingerprint density at radius 3 is 2.03 bits per heavy atom. The quantitative estimate of drug-likeness (QED) is 0.233. The number of allylic oxidation sites excluding steroid dienone is 8. The molecule has 1 aromatic carbocycles. The van der Waals surface area contributed by atoms with Crippen LogP contribution < -0.4 is 0 Å². The number of hydrogen-bond donors (Lipinski definition) is 0. The first-order chi connectivity index (χ1) is 14.8. The Morgan fingerprint density at radius 2 is 1.69 bits per heavy atom. The van der Waals surface area contributed by atoms with Crippen molar-refractivity contribution in [2.24, 2.45) is 5.41 Å². The Balaban J connectivity index is 0.000000330. The molecule has 2 aliphatic carbocycles. The predicted octanol–water partition coefficient (Wildman–Crippen LogP) is 8.36. The summed E-state index contributed by atoms with van der Waals surface area (Å²) in [5.41, 5.74) is 6.93. The molecule has 0 heterocycles. The monoisotopic (exact) mass is 508 g/mol. The molecule has 2 nitrogen and oxygen atoms in total. The summed E-state index contributed by atoms with van der Waals surface area (Å²) in [6.07, 6.45) is 12.7. The Bertz CT molecular complexity index is 899. The number of halogens is 2. The van der Waals surface area contributed by atoms with Crippen LogP contribution in [0.4, 0.5) is 0 Å². The van der Waals surface area contributed by atoms with Crippen LogP contribution in [0.5, 0.6) is 0 Å². The molecule has 2 aliphatic rings. The van der Waals surface area contributed by atoms with Crippen molar-refractivity contribution in [2.75, 3.05) is 0 Å². The molecule has 0 N–H and O–H groups in total. The fourth-order valence-electron chi connectivity index (χ4n) is 3.29. The number of carbonyl (C=O) groups excluding carboxylic acids is 1. The van der Waals surface area contributed by atoms with Gasteiger partial charge in [-0.05, 0) is 44.9 Å². The fourth-order valence-corrected chi connectivity index (χ4v) is 3.29. The van der Waals surface area contributed by atoms with Crippen molar-refractivity contribution in [2.45, 2.75) is 73.8 Å². The zero-order chi connectivity index (χ0) is 24.5. The van der Waals surface area contributed by atoms with Gasteiger partial charge in [0.25, 0.3) is 0 Å². The topological polar surface area (TPSA) is 26.3 Å². The fraction of sp³-hybridized carbons (Fsp3) is 0.444. The first kappa shape index (κ1) is 29.0. The van der Waals surface area contributed by atoms with Gasteiger partial charge in [0.05, 0.1) is 5.56 Å². The van der Waals surface area contributed by atoms with Gasteiger partial charge in [0.15, 0.2) is 0 Å². The van der Waals surface area contributed by atoms with Gasteiger partial charge >= 0.3 is 41.6 Å². The van der Waals surface area contributed by atoms with Gasteiger partial charge in [-0.25, -0.2) is 22.0 Å².